The number of hydrogen-bond acceptors (Lipinski definition) is 6. The third-order valence-electron chi connectivity index (χ3n) is 4.00. The van der Waals surface area contributed by atoms with E-state index in [0.717, 1.165) is 0 Å². The first-order chi connectivity index (χ1) is 12.5. The molecule has 0 radical (unpaired) electrons. The van der Waals surface area contributed by atoms with Crippen LogP contribution in [0.3, 0.4) is 0 Å². The van der Waals surface area contributed by atoms with Crippen LogP contribution in [0.15, 0.2) is 0 Å². The molecule has 0 spiro atoms. The molecule has 0 aromatic carbocycles. The second kappa shape index (κ2) is 11.8. The van der Waals surface area contributed by atoms with E-state index in [4.69, 9.17) is 16.6 Å². The number of nitrogens with one attached hydrogen (secondary N) is 3. The third kappa shape index (κ3) is 9.54. The summed E-state index contributed by atoms with van der Waals surface area (Å²) in [7, 11) is 0. The van der Waals surface area contributed by atoms with E-state index >= 15 is 0 Å². The van der Waals surface area contributed by atoms with E-state index in [1.54, 1.807) is 6.92 Å². The lowest BCUT2D eigenvalue weighted by molar-refractivity contribution is -0.141. The third-order valence-corrected chi connectivity index (χ3v) is 4.00. The Hall–Kier alpha value is -2.69. The van der Waals surface area contributed by atoms with Crippen molar-refractivity contribution in [2.75, 3.05) is 6.54 Å². The zero-order valence-electron chi connectivity index (χ0n) is 15.8. The fourth-order valence-electron chi connectivity index (χ4n) is 2.02. The lowest BCUT2D eigenvalue weighted by Crippen LogP contribution is -2.55. The van der Waals surface area contributed by atoms with E-state index in [2.05, 4.69) is 16.0 Å². The minimum Gasteiger partial charge on any atom is -0.480 e. The standard InChI is InChI=1S/C16H29N5O6/c1-4-8(2)13(21-14(24)10(17)5-6-11(18)22)15(25)19-7-12(23)20-9(3)16(26)27/h8-10,13H,4-7,17H2,1-3H3,(H2,18,22)(H,19,25)(H,20,23)(H,21,24)(H,26,27). The average Bonchev–Trinajstić information content (AvgIpc) is 2.60. The molecule has 27 heavy (non-hydrogen) atoms. The Morgan fingerprint density at radius 1 is 1.04 bits per heavy atom. The molecule has 8 N–H and O–H groups in total. The van der Waals surface area contributed by atoms with Crippen LogP contribution >= 0.6 is 0 Å². The maximum absolute atomic E-state index is 12.4. The van der Waals surface area contributed by atoms with Crippen LogP contribution in [-0.2, 0) is 24.0 Å². The van der Waals surface area contributed by atoms with Crippen molar-refractivity contribution >= 4 is 29.6 Å². The highest BCUT2D eigenvalue weighted by Crippen LogP contribution is 2.09. The molecule has 0 aliphatic heterocycles. The molecule has 0 aromatic heterocycles. The fraction of sp³-hybridized carbons (Fsp3) is 0.688. The first-order valence-corrected chi connectivity index (χ1v) is 8.63. The smallest absolute Gasteiger partial charge is 0.325 e. The van der Waals surface area contributed by atoms with E-state index in [1.165, 1.54) is 6.92 Å². The number of carboxylic acids is 1. The minimum atomic E-state index is -1.20. The molecule has 154 valence electrons. The van der Waals surface area contributed by atoms with Gasteiger partial charge in [-0.05, 0) is 19.3 Å². The maximum atomic E-state index is 12.4. The summed E-state index contributed by atoms with van der Waals surface area (Å²) in [4.78, 5) is 57.6. The lowest BCUT2D eigenvalue weighted by atomic mass is 9.97. The molecule has 0 aromatic rings. The SMILES string of the molecule is CCC(C)C(NC(=O)C(N)CCC(N)=O)C(=O)NCC(=O)NC(C)C(=O)O. The molecular weight excluding hydrogens is 358 g/mol. The number of hydrogen-bond donors (Lipinski definition) is 6. The number of amides is 4. The predicted octanol–water partition coefficient (Wildman–Crippen LogP) is -2.18. The molecular formula is C16H29N5O6. The van der Waals surface area contributed by atoms with Crippen molar-refractivity contribution in [3.63, 3.8) is 0 Å². The van der Waals surface area contributed by atoms with Gasteiger partial charge >= 0.3 is 5.97 Å². The van der Waals surface area contributed by atoms with E-state index in [0.29, 0.717) is 6.42 Å². The maximum Gasteiger partial charge on any atom is 0.325 e. The molecule has 0 heterocycles. The largest absolute Gasteiger partial charge is 0.480 e. The van der Waals surface area contributed by atoms with Gasteiger partial charge in [0.25, 0.3) is 0 Å². The zero-order valence-corrected chi connectivity index (χ0v) is 15.8. The summed E-state index contributed by atoms with van der Waals surface area (Å²) in [6, 6.07) is -3.04. The molecule has 11 heteroatoms. The molecule has 0 bridgehead atoms. The van der Waals surface area contributed by atoms with Gasteiger partial charge in [0.15, 0.2) is 0 Å². The monoisotopic (exact) mass is 387 g/mol. The van der Waals surface area contributed by atoms with Gasteiger partial charge in [-0.25, -0.2) is 0 Å². The summed E-state index contributed by atoms with van der Waals surface area (Å²) in [5.74, 6) is -3.93. The highest BCUT2D eigenvalue weighted by Gasteiger charge is 2.28. The molecule has 0 aliphatic carbocycles. The summed E-state index contributed by atoms with van der Waals surface area (Å²) < 4.78 is 0. The Morgan fingerprint density at radius 2 is 1.63 bits per heavy atom. The number of nitrogens with two attached hydrogens (primary N) is 2. The van der Waals surface area contributed by atoms with Crippen molar-refractivity contribution in [3.05, 3.63) is 0 Å². The van der Waals surface area contributed by atoms with Gasteiger partial charge in [-0.3, -0.25) is 24.0 Å². The van der Waals surface area contributed by atoms with Gasteiger partial charge in [0.05, 0.1) is 12.6 Å². The Kier molecular flexibility index (Phi) is 10.7. The number of rotatable bonds is 12. The topological polar surface area (TPSA) is 194 Å². The summed E-state index contributed by atoms with van der Waals surface area (Å²) in [6.45, 7) is 4.42. The van der Waals surface area contributed by atoms with Gasteiger partial charge in [-0.15, -0.1) is 0 Å². The Balaban J connectivity index is 4.77. The van der Waals surface area contributed by atoms with Crippen LogP contribution in [0.1, 0.15) is 40.0 Å². The van der Waals surface area contributed by atoms with Crippen molar-refractivity contribution in [1.82, 2.24) is 16.0 Å². The van der Waals surface area contributed by atoms with Gasteiger partial charge in [-0.2, -0.15) is 0 Å². The van der Waals surface area contributed by atoms with Crippen LogP contribution in [0.25, 0.3) is 0 Å². The molecule has 4 atom stereocenters. The molecule has 0 fully saturated rings. The summed E-state index contributed by atoms with van der Waals surface area (Å²) >= 11 is 0. The number of carbonyl (C=O) groups excluding carboxylic acids is 4. The Labute approximate surface area is 157 Å². The molecule has 0 saturated heterocycles. The summed E-state index contributed by atoms with van der Waals surface area (Å²) in [6.07, 6.45) is 0.555. The number of aliphatic carboxylic acids is 1. The molecule has 0 saturated carbocycles. The number of carbonyl (C=O) groups is 5. The van der Waals surface area contributed by atoms with Crippen molar-refractivity contribution in [1.29, 1.82) is 0 Å². The predicted molar refractivity (Wildman–Crippen MR) is 96.0 cm³/mol. The minimum absolute atomic E-state index is 0.0471. The van der Waals surface area contributed by atoms with Gasteiger partial charge in [0.1, 0.15) is 12.1 Å². The second-order valence-corrected chi connectivity index (χ2v) is 6.33. The second-order valence-electron chi connectivity index (χ2n) is 6.33. The van der Waals surface area contributed by atoms with E-state index in [1.807, 2.05) is 6.92 Å². The van der Waals surface area contributed by atoms with E-state index in [9.17, 15) is 24.0 Å². The van der Waals surface area contributed by atoms with Crippen molar-refractivity contribution in [2.24, 2.45) is 17.4 Å². The molecule has 11 nitrogen and oxygen atoms in total. The van der Waals surface area contributed by atoms with Crippen LogP contribution in [0.5, 0.6) is 0 Å². The van der Waals surface area contributed by atoms with E-state index in [-0.39, 0.29) is 18.8 Å². The summed E-state index contributed by atoms with van der Waals surface area (Å²) in [5, 5.41) is 15.8. The van der Waals surface area contributed by atoms with Crippen LogP contribution in [0.4, 0.5) is 0 Å². The Bertz CT molecular complexity index is 568. The average molecular weight is 387 g/mol. The van der Waals surface area contributed by atoms with Crippen molar-refractivity contribution in [2.45, 2.75) is 58.2 Å². The van der Waals surface area contributed by atoms with Crippen LogP contribution in [0.2, 0.25) is 0 Å². The fourth-order valence-corrected chi connectivity index (χ4v) is 2.02. The zero-order chi connectivity index (χ0) is 21.1. The normalized spacial score (nSPS) is 15.0. The Morgan fingerprint density at radius 3 is 2.11 bits per heavy atom. The first kappa shape index (κ1) is 24.3. The van der Waals surface area contributed by atoms with Gasteiger partial charge in [0.2, 0.25) is 23.6 Å². The van der Waals surface area contributed by atoms with Crippen LogP contribution in [-0.4, -0.2) is 59.4 Å². The van der Waals surface area contributed by atoms with Crippen LogP contribution < -0.4 is 27.4 Å². The van der Waals surface area contributed by atoms with Gasteiger partial charge in [-0.1, -0.05) is 20.3 Å². The van der Waals surface area contributed by atoms with Crippen molar-refractivity contribution in [3.8, 4) is 0 Å². The van der Waals surface area contributed by atoms with Gasteiger partial charge < -0.3 is 32.5 Å². The molecule has 0 rings (SSSR count). The van der Waals surface area contributed by atoms with Crippen molar-refractivity contribution < 1.29 is 29.1 Å². The number of primary amides is 1. The molecule has 4 amide bonds. The van der Waals surface area contributed by atoms with Crippen LogP contribution in [0, 0.1) is 5.92 Å². The highest BCUT2D eigenvalue weighted by atomic mass is 16.4. The lowest BCUT2D eigenvalue weighted by Gasteiger charge is -2.25. The van der Waals surface area contributed by atoms with Gasteiger partial charge in [0, 0.05) is 6.42 Å². The molecule has 0 aliphatic rings. The molecule has 4 unspecified atom stereocenters. The quantitative estimate of drug-likeness (QED) is 0.219. The number of carboxylic acid groups (broad SMARTS) is 1. The van der Waals surface area contributed by atoms with E-state index < -0.39 is 54.3 Å². The highest BCUT2D eigenvalue weighted by molar-refractivity contribution is 5.92. The summed E-state index contributed by atoms with van der Waals surface area (Å²) in [5.41, 5.74) is 10.7. The first-order valence-electron chi connectivity index (χ1n) is 8.63.